The van der Waals surface area contributed by atoms with Crippen molar-refractivity contribution in [2.45, 2.75) is 25.0 Å². The summed E-state index contributed by atoms with van der Waals surface area (Å²) in [5.74, 6) is 1.49. The maximum absolute atomic E-state index is 11.9. The van der Waals surface area contributed by atoms with Crippen LogP contribution in [0.3, 0.4) is 0 Å². The average molecular weight is 326 g/mol. The minimum Gasteiger partial charge on any atom is -0.352 e. The van der Waals surface area contributed by atoms with Gasteiger partial charge in [-0.15, -0.1) is 5.10 Å². The molecule has 0 saturated heterocycles. The first kappa shape index (κ1) is 15.6. The third-order valence-corrected chi connectivity index (χ3v) is 4.29. The molecule has 5 nitrogen and oxygen atoms in total. The average Bonchev–Trinajstić information content (AvgIpc) is 2.98. The first-order valence-corrected chi connectivity index (χ1v) is 8.45. The molecule has 0 spiro atoms. The zero-order valence-electron chi connectivity index (χ0n) is 12.9. The SMILES string of the molecule is Cc1nc(SCCC(=O)NCc2ccc3ccccc3c2)n[nH]1. The van der Waals surface area contributed by atoms with Gasteiger partial charge in [-0.2, -0.15) is 0 Å². The van der Waals surface area contributed by atoms with Crippen LogP contribution >= 0.6 is 11.8 Å². The molecule has 0 radical (unpaired) electrons. The second kappa shape index (κ2) is 7.28. The number of nitrogens with one attached hydrogen (secondary N) is 2. The van der Waals surface area contributed by atoms with E-state index in [1.165, 1.54) is 22.5 Å². The molecule has 0 bridgehead atoms. The number of nitrogens with zero attached hydrogens (tertiary/aromatic N) is 2. The summed E-state index contributed by atoms with van der Waals surface area (Å²) in [4.78, 5) is 16.1. The highest BCUT2D eigenvalue weighted by Gasteiger charge is 2.05. The van der Waals surface area contributed by atoms with Gasteiger partial charge in [0.2, 0.25) is 11.1 Å². The van der Waals surface area contributed by atoms with Gasteiger partial charge in [-0.25, -0.2) is 4.98 Å². The van der Waals surface area contributed by atoms with Gasteiger partial charge in [0.25, 0.3) is 0 Å². The van der Waals surface area contributed by atoms with Crippen molar-refractivity contribution in [1.82, 2.24) is 20.5 Å². The van der Waals surface area contributed by atoms with E-state index in [0.717, 1.165) is 11.4 Å². The topological polar surface area (TPSA) is 70.7 Å². The smallest absolute Gasteiger partial charge is 0.221 e. The van der Waals surface area contributed by atoms with Crippen molar-refractivity contribution in [2.24, 2.45) is 0 Å². The van der Waals surface area contributed by atoms with Crippen LogP contribution in [-0.2, 0) is 11.3 Å². The summed E-state index contributed by atoms with van der Waals surface area (Å²) in [6.07, 6.45) is 0.450. The molecule has 3 aromatic rings. The number of hydrogen-bond acceptors (Lipinski definition) is 4. The van der Waals surface area contributed by atoms with E-state index < -0.39 is 0 Å². The minimum absolute atomic E-state index is 0.0397. The van der Waals surface area contributed by atoms with Gasteiger partial charge in [0.1, 0.15) is 5.82 Å². The molecule has 0 aliphatic carbocycles. The molecule has 0 saturated carbocycles. The van der Waals surface area contributed by atoms with E-state index in [0.29, 0.717) is 23.9 Å². The number of aryl methyl sites for hydroxylation is 1. The number of thioether (sulfide) groups is 1. The minimum atomic E-state index is 0.0397. The van der Waals surface area contributed by atoms with E-state index in [4.69, 9.17) is 0 Å². The molecule has 6 heteroatoms. The monoisotopic (exact) mass is 326 g/mol. The second-order valence-electron chi connectivity index (χ2n) is 5.26. The van der Waals surface area contributed by atoms with Gasteiger partial charge in [-0.1, -0.05) is 48.2 Å². The normalized spacial score (nSPS) is 10.8. The third-order valence-electron chi connectivity index (χ3n) is 3.44. The Hall–Kier alpha value is -2.34. The lowest BCUT2D eigenvalue weighted by Gasteiger charge is -2.06. The van der Waals surface area contributed by atoms with Gasteiger partial charge >= 0.3 is 0 Å². The zero-order chi connectivity index (χ0) is 16.1. The quantitative estimate of drug-likeness (QED) is 0.683. The summed E-state index contributed by atoms with van der Waals surface area (Å²) in [5.41, 5.74) is 1.11. The second-order valence-corrected chi connectivity index (χ2v) is 6.32. The van der Waals surface area contributed by atoms with Crippen LogP contribution in [0.25, 0.3) is 10.8 Å². The van der Waals surface area contributed by atoms with Crippen LogP contribution in [0.5, 0.6) is 0 Å². The summed E-state index contributed by atoms with van der Waals surface area (Å²) in [6.45, 7) is 2.40. The van der Waals surface area contributed by atoms with E-state index >= 15 is 0 Å². The predicted molar refractivity (Wildman–Crippen MR) is 92.3 cm³/mol. The highest BCUT2D eigenvalue weighted by molar-refractivity contribution is 7.99. The maximum atomic E-state index is 11.9. The Morgan fingerprint density at radius 3 is 2.83 bits per heavy atom. The van der Waals surface area contributed by atoms with Gasteiger partial charge in [0.05, 0.1) is 0 Å². The van der Waals surface area contributed by atoms with Crippen LogP contribution in [-0.4, -0.2) is 26.8 Å². The summed E-state index contributed by atoms with van der Waals surface area (Å²) < 4.78 is 0. The molecule has 0 aliphatic heterocycles. The molecular weight excluding hydrogens is 308 g/mol. The molecule has 0 unspecified atom stereocenters. The molecule has 1 aromatic heterocycles. The Morgan fingerprint density at radius 2 is 2.04 bits per heavy atom. The van der Waals surface area contributed by atoms with Crippen LogP contribution in [0.4, 0.5) is 0 Å². The number of H-pyrrole nitrogens is 1. The van der Waals surface area contributed by atoms with Crippen molar-refractivity contribution in [3.8, 4) is 0 Å². The van der Waals surface area contributed by atoms with Gasteiger partial charge in [0, 0.05) is 18.7 Å². The lowest BCUT2D eigenvalue weighted by Crippen LogP contribution is -2.22. The molecule has 3 rings (SSSR count). The number of hydrogen-bond donors (Lipinski definition) is 2. The number of aromatic nitrogens is 3. The fraction of sp³-hybridized carbons (Fsp3) is 0.235. The number of carbonyl (C=O) groups excluding carboxylic acids is 1. The summed E-state index contributed by atoms with van der Waals surface area (Å²) >= 11 is 1.48. The van der Waals surface area contributed by atoms with Crippen LogP contribution in [0, 0.1) is 6.92 Å². The number of rotatable bonds is 6. The van der Waals surface area contributed by atoms with Gasteiger partial charge in [0.15, 0.2) is 0 Å². The van der Waals surface area contributed by atoms with E-state index in [-0.39, 0.29) is 5.91 Å². The molecular formula is C17H18N4OS. The Morgan fingerprint density at radius 1 is 1.22 bits per heavy atom. The number of carbonyl (C=O) groups is 1. The number of fused-ring (bicyclic) bond motifs is 1. The van der Waals surface area contributed by atoms with E-state index in [2.05, 4.69) is 44.8 Å². The standard InChI is InChI=1S/C17H18N4OS/c1-12-19-17(21-20-12)23-9-8-16(22)18-11-13-6-7-14-4-2-3-5-15(14)10-13/h2-7,10H,8-9,11H2,1H3,(H,18,22)(H,19,20,21). The zero-order valence-corrected chi connectivity index (χ0v) is 13.7. The van der Waals surface area contributed by atoms with Crippen LogP contribution in [0.2, 0.25) is 0 Å². The van der Waals surface area contributed by atoms with Crippen molar-refractivity contribution in [3.05, 3.63) is 53.9 Å². The van der Waals surface area contributed by atoms with E-state index in [9.17, 15) is 4.79 Å². The highest BCUT2D eigenvalue weighted by atomic mass is 32.2. The molecule has 2 aromatic carbocycles. The third kappa shape index (κ3) is 4.32. The first-order chi connectivity index (χ1) is 11.2. The summed E-state index contributed by atoms with van der Waals surface area (Å²) in [7, 11) is 0. The van der Waals surface area contributed by atoms with Crippen molar-refractivity contribution in [3.63, 3.8) is 0 Å². The molecule has 118 valence electrons. The molecule has 2 N–H and O–H groups in total. The van der Waals surface area contributed by atoms with Crippen LogP contribution in [0.15, 0.2) is 47.6 Å². The first-order valence-electron chi connectivity index (χ1n) is 7.47. The number of benzene rings is 2. The lowest BCUT2D eigenvalue weighted by molar-refractivity contribution is -0.120. The van der Waals surface area contributed by atoms with Crippen LogP contribution < -0.4 is 5.32 Å². The predicted octanol–water partition coefficient (Wildman–Crippen LogP) is 3.06. The largest absolute Gasteiger partial charge is 0.352 e. The molecule has 23 heavy (non-hydrogen) atoms. The number of amides is 1. The van der Waals surface area contributed by atoms with Crippen molar-refractivity contribution in [2.75, 3.05) is 5.75 Å². The summed E-state index contributed by atoms with van der Waals surface area (Å²) in [6, 6.07) is 14.5. The molecule has 1 heterocycles. The van der Waals surface area contributed by atoms with Gasteiger partial charge in [-0.05, 0) is 29.3 Å². The highest BCUT2D eigenvalue weighted by Crippen LogP contribution is 2.16. The lowest BCUT2D eigenvalue weighted by atomic mass is 10.1. The number of aromatic amines is 1. The Labute approximate surface area is 138 Å². The van der Waals surface area contributed by atoms with Crippen molar-refractivity contribution in [1.29, 1.82) is 0 Å². The Balaban J connectivity index is 1.46. The Bertz CT molecular complexity index is 815. The molecule has 1 amide bonds. The van der Waals surface area contributed by atoms with Crippen molar-refractivity contribution < 1.29 is 4.79 Å². The fourth-order valence-electron chi connectivity index (χ4n) is 2.26. The molecule has 0 aliphatic rings. The maximum Gasteiger partial charge on any atom is 0.221 e. The Kier molecular flexibility index (Phi) is 4.92. The van der Waals surface area contributed by atoms with Gasteiger partial charge in [-0.3, -0.25) is 9.89 Å². The summed E-state index contributed by atoms with van der Waals surface area (Å²) in [5, 5.41) is 12.9. The molecule has 0 atom stereocenters. The van der Waals surface area contributed by atoms with E-state index in [1.54, 1.807) is 0 Å². The molecule has 0 fully saturated rings. The van der Waals surface area contributed by atoms with Gasteiger partial charge < -0.3 is 5.32 Å². The van der Waals surface area contributed by atoms with E-state index in [1.807, 2.05) is 25.1 Å². The fourth-order valence-corrected chi connectivity index (χ4v) is 3.04. The van der Waals surface area contributed by atoms with Crippen LogP contribution in [0.1, 0.15) is 17.8 Å². The van der Waals surface area contributed by atoms with Crippen molar-refractivity contribution >= 4 is 28.4 Å².